The molecule has 0 spiro atoms. The molecule has 1 aromatic heterocycles. The van der Waals surface area contributed by atoms with Crippen LogP contribution < -0.4 is 0 Å². The largest absolute Gasteiger partial charge is 0.466 e. The van der Waals surface area contributed by atoms with Gasteiger partial charge >= 0.3 is 5.97 Å². The van der Waals surface area contributed by atoms with Gasteiger partial charge < -0.3 is 4.74 Å². The van der Waals surface area contributed by atoms with E-state index in [1.807, 2.05) is 25.1 Å². The highest BCUT2D eigenvalue weighted by atomic mass is 16.5. The molecular weight excluding hydrogens is 202 g/mol. The van der Waals surface area contributed by atoms with Crippen LogP contribution in [-0.4, -0.2) is 17.6 Å². The average Bonchev–Trinajstić information content (AvgIpc) is 2.30. The van der Waals surface area contributed by atoms with E-state index in [2.05, 4.69) is 11.9 Å². The molecule has 0 radical (unpaired) electrons. The summed E-state index contributed by atoms with van der Waals surface area (Å²) in [4.78, 5) is 15.9. The zero-order valence-corrected chi connectivity index (χ0v) is 9.98. The molecule has 88 valence electrons. The van der Waals surface area contributed by atoms with E-state index < -0.39 is 0 Å². The predicted molar refractivity (Wildman–Crippen MR) is 63.0 cm³/mol. The van der Waals surface area contributed by atoms with Crippen LogP contribution >= 0.6 is 0 Å². The summed E-state index contributed by atoms with van der Waals surface area (Å²) in [6.07, 6.45) is 4.27. The number of nitrogens with zero attached hydrogens (tertiary/aromatic N) is 1. The number of pyridine rings is 1. The summed E-state index contributed by atoms with van der Waals surface area (Å²) >= 11 is 0. The molecule has 0 aromatic carbocycles. The van der Waals surface area contributed by atoms with Crippen molar-refractivity contribution in [2.45, 2.75) is 33.1 Å². The second-order valence-corrected chi connectivity index (χ2v) is 3.76. The van der Waals surface area contributed by atoms with Gasteiger partial charge in [0, 0.05) is 18.3 Å². The quantitative estimate of drug-likeness (QED) is 0.693. The molecule has 1 unspecified atom stereocenters. The first-order chi connectivity index (χ1) is 7.77. The van der Waals surface area contributed by atoms with Gasteiger partial charge in [-0.15, -0.1) is 0 Å². The Morgan fingerprint density at radius 3 is 2.81 bits per heavy atom. The zero-order valence-electron chi connectivity index (χ0n) is 9.98. The van der Waals surface area contributed by atoms with E-state index in [1.54, 1.807) is 6.20 Å². The minimum Gasteiger partial charge on any atom is -0.466 e. The van der Waals surface area contributed by atoms with E-state index in [0.29, 0.717) is 13.0 Å². The van der Waals surface area contributed by atoms with Crippen LogP contribution in [0.2, 0.25) is 0 Å². The SMILES string of the molecule is CCCC(Cc1ccccn1)C(=O)OCC. The molecule has 1 aromatic rings. The summed E-state index contributed by atoms with van der Waals surface area (Å²) < 4.78 is 5.06. The van der Waals surface area contributed by atoms with Crippen molar-refractivity contribution in [3.05, 3.63) is 30.1 Å². The number of aromatic nitrogens is 1. The van der Waals surface area contributed by atoms with Crippen LogP contribution in [0.5, 0.6) is 0 Å². The first-order valence-electron chi connectivity index (χ1n) is 5.84. The summed E-state index contributed by atoms with van der Waals surface area (Å²) in [6, 6.07) is 5.76. The highest BCUT2D eigenvalue weighted by Gasteiger charge is 2.19. The van der Waals surface area contributed by atoms with Crippen LogP contribution in [0.15, 0.2) is 24.4 Å². The van der Waals surface area contributed by atoms with Crippen molar-refractivity contribution in [2.24, 2.45) is 5.92 Å². The van der Waals surface area contributed by atoms with E-state index in [9.17, 15) is 4.79 Å². The molecule has 0 amide bonds. The van der Waals surface area contributed by atoms with Crippen LogP contribution in [0.4, 0.5) is 0 Å². The lowest BCUT2D eigenvalue weighted by Crippen LogP contribution is -2.20. The van der Waals surface area contributed by atoms with Gasteiger partial charge in [0.15, 0.2) is 0 Å². The number of carbonyl (C=O) groups is 1. The highest BCUT2D eigenvalue weighted by Crippen LogP contribution is 2.14. The molecule has 0 saturated carbocycles. The smallest absolute Gasteiger partial charge is 0.309 e. The third-order valence-electron chi connectivity index (χ3n) is 2.44. The van der Waals surface area contributed by atoms with Gasteiger partial charge in [0.05, 0.1) is 12.5 Å². The molecule has 0 bridgehead atoms. The Morgan fingerprint density at radius 2 is 2.25 bits per heavy atom. The van der Waals surface area contributed by atoms with Crippen molar-refractivity contribution in [3.63, 3.8) is 0 Å². The molecule has 0 aliphatic rings. The number of esters is 1. The van der Waals surface area contributed by atoms with Gasteiger partial charge in [-0.25, -0.2) is 0 Å². The van der Waals surface area contributed by atoms with Gasteiger partial charge in [0.1, 0.15) is 0 Å². The lowest BCUT2D eigenvalue weighted by Gasteiger charge is -2.13. The predicted octanol–water partition coefficient (Wildman–Crippen LogP) is 2.60. The first kappa shape index (κ1) is 12.7. The molecule has 0 aliphatic heterocycles. The van der Waals surface area contributed by atoms with Crippen LogP contribution in [0.3, 0.4) is 0 Å². The van der Waals surface area contributed by atoms with Crippen molar-refractivity contribution < 1.29 is 9.53 Å². The van der Waals surface area contributed by atoms with Gasteiger partial charge in [-0.1, -0.05) is 19.4 Å². The molecule has 16 heavy (non-hydrogen) atoms. The summed E-state index contributed by atoms with van der Waals surface area (Å²) in [5, 5.41) is 0. The molecule has 3 heteroatoms. The van der Waals surface area contributed by atoms with Crippen LogP contribution in [-0.2, 0) is 16.0 Å². The third-order valence-corrected chi connectivity index (χ3v) is 2.44. The second kappa shape index (κ2) is 6.99. The zero-order chi connectivity index (χ0) is 11.8. The first-order valence-corrected chi connectivity index (χ1v) is 5.84. The number of ether oxygens (including phenoxy) is 1. The Morgan fingerprint density at radius 1 is 1.44 bits per heavy atom. The Bertz CT molecular complexity index is 311. The van der Waals surface area contributed by atoms with Crippen LogP contribution in [0.1, 0.15) is 32.4 Å². The van der Waals surface area contributed by atoms with Gasteiger partial charge in [0.2, 0.25) is 0 Å². The standard InChI is InChI=1S/C13H19NO2/c1-3-7-11(13(15)16-4-2)10-12-8-5-6-9-14-12/h5-6,8-9,11H,3-4,7,10H2,1-2H3. The Labute approximate surface area is 96.8 Å². The molecule has 0 aliphatic carbocycles. The molecule has 0 fully saturated rings. The summed E-state index contributed by atoms with van der Waals surface area (Å²) in [5.41, 5.74) is 0.953. The number of hydrogen-bond acceptors (Lipinski definition) is 3. The van der Waals surface area contributed by atoms with Gasteiger partial charge in [0.25, 0.3) is 0 Å². The van der Waals surface area contributed by atoms with Crippen molar-refractivity contribution in [3.8, 4) is 0 Å². The summed E-state index contributed by atoms with van der Waals surface area (Å²) in [5.74, 6) is -0.158. The molecule has 1 atom stereocenters. The average molecular weight is 221 g/mol. The number of hydrogen-bond donors (Lipinski definition) is 0. The van der Waals surface area contributed by atoms with Gasteiger partial charge in [-0.2, -0.15) is 0 Å². The Balaban J connectivity index is 2.60. The molecule has 3 nitrogen and oxygen atoms in total. The monoisotopic (exact) mass is 221 g/mol. The lowest BCUT2D eigenvalue weighted by atomic mass is 9.98. The number of carbonyl (C=O) groups excluding carboxylic acids is 1. The van der Waals surface area contributed by atoms with Crippen molar-refractivity contribution in [1.82, 2.24) is 4.98 Å². The Hall–Kier alpha value is -1.38. The van der Waals surface area contributed by atoms with E-state index in [0.717, 1.165) is 18.5 Å². The normalized spacial score (nSPS) is 12.1. The molecule has 0 saturated heterocycles. The maximum atomic E-state index is 11.7. The van der Waals surface area contributed by atoms with Crippen molar-refractivity contribution >= 4 is 5.97 Å². The van der Waals surface area contributed by atoms with E-state index in [4.69, 9.17) is 4.74 Å². The lowest BCUT2D eigenvalue weighted by molar-refractivity contribution is -0.148. The summed E-state index contributed by atoms with van der Waals surface area (Å²) in [6.45, 7) is 4.35. The van der Waals surface area contributed by atoms with E-state index in [1.165, 1.54) is 0 Å². The van der Waals surface area contributed by atoms with Gasteiger partial charge in [-0.3, -0.25) is 9.78 Å². The van der Waals surface area contributed by atoms with Crippen LogP contribution in [0, 0.1) is 5.92 Å². The molecule has 1 rings (SSSR count). The minimum absolute atomic E-state index is 0.0557. The second-order valence-electron chi connectivity index (χ2n) is 3.76. The Kier molecular flexibility index (Phi) is 5.54. The highest BCUT2D eigenvalue weighted by molar-refractivity contribution is 5.72. The third kappa shape index (κ3) is 4.01. The van der Waals surface area contributed by atoms with E-state index >= 15 is 0 Å². The van der Waals surface area contributed by atoms with Crippen LogP contribution in [0.25, 0.3) is 0 Å². The fourth-order valence-corrected chi connectivity index (χ4v) is 1.68. The van der Waals surface area contributed by atoms with E-state index in [-0.39, 0.29) is 11.9 Å². The fraction of sp³-hybridized carbons (Fsp3) is 0.538. The molecule has 1 heterocycles. The van der Waals surface area contributed by atoms with Crippen molar-refractivity contribution in [2.75, 3.05) is 6.61 Å². The molecule has 0 N–H and O–H groups in total. The fourth-order valence-electron chi connectivity index (χ4n) is 1.68. The molecular formula is C13H19NO2. The maximum absolute atomic E-state index is 11.7. The van der Waals surface area contributed by atoms with Gasteiger partial charge in [-0.05, 0) is 25.5 Å². The maximum Gasteiger partial charge on any atom is 0.309 e. The number of rotatable bonds is 6. The topological polar surface area (TPSA) is 39.2 Å². The summed E-state index contributed by atoms with van der Waals surface area (Å²) in [7, 11) is 0. The van der Waals surface area contributed by atoms with Crippen molar-refractivity contribution in [1.29, 1.82) is 0 Å². The minimum atomic E-state index is -0.102.